The van der Waals surface area contributed by atoms with Crippen molar-refractivity contribution in [3.8, 4) is 83.8 Å². The molecule has 0 radical (unpaired) electrons. The van der Waals surface area contributed by atoms with Gasteiger partial charge in [0.15, 0.2) is 5.58 Å². The quantitative estimate of drug-likeness (QED) is 0.144. The van der Waals surface area contributed by atoms with Gasteiger partial charge < -0.3 is 37.2 Å². The fourth-order valence-electron chi connectivity index (χ4n) is 23.6. The first-order valence-corrected chi connectivity index (χ1v) is 49.7. The van der Waals surface area contributed by atoms with Crippen molar-refractivity contribution in [2.75, 3.05) is 14.7 Å². The average Bonchev–Trinajstić information content (AvgIpc) is 1.55. The van der Waals surface area contributed by atoms with Crippen LogP contribution in [0.1, 0.15) is 0 Å². The summed E-state index contributed by atoms with van der Waals surface area (Å²) in [6, 6.07) is 180. The number of hydrogen-bond donors (Lipinski definition) is 0. The lowest BCUT2D eigenvalue weighted by Gasteiger charge is -2.33. The predicted molar refractivity (Wildman–Crippen MR) is 602 cm³/mol. The molecule has 3 aliphatic heterocycles. The van der Waals surface area contributed by atoms with Crippen LogP contribution < -0.4 is 14.7 Å². The monoisotopic (exact) mass is 1840 g/mol. The molecule has 9 heterocycles. The molecule has 0 aliphatic carbocycles. The molecule has 0 amide bonds. The van der Waals surface area contributed by atoms with Crippen LogP contribution in [0, 0.1) is 0 Å². The van der Waals surface area contributed by atoms with Gasteiger partial charge in [0, 0.05) is 80.6 Å². The van der Waals surface area contributed by atoms with E-state index in [1.54, 1.807) is 0 Å². The van der Waals surface area contributed by atoms with Gasteiger partial charge in [-0.15, -0.1) is 11.3 Å². The third kappa shape index (κ3) is 12.4. The molecule has 3 aliphatic rings. The molecule has 8 nitrogen and oxygen atoms in total. The van der Waals surface area contributed by atoms with Gasteiger partial charge in [0.2, 0.25) is 0 Å². The molecule has 666 valence electrons. The summed E-state index contributed by atoms with van der Waals surface area (Å²) < 4.78 is 23.0. The number of aromatic nitrogens is 3. The summed E-state index contributed by atoms with van der Waals surface area (Å²) in [5.74, 6) is 0. The van der Waals surface area contributed by atoms with Gasteiger partial charge in [-0.3, -0.25) is 0 Å². The van der Waals surface area contributed by atoms with Crippen molar-refractivity contribution in [2.45, 2.75) is 0 Å². The van der Waals surface area contributed by atoms with E-state index in [4.69, 9.17) is 8.83 Å². The lowest BCUT2D eigenvalue weighted by atomic mass is 9.95. The zero-order valence-electron chi connectivity index (χ0n) is 77.3. The van der Waals surface area contributed by atoms with Crippen molar-refractivity contribution < 1.29 is 8.83 Å². The van der Waals surface area contributed by atoms with E-state index < -0.39 is 0 Å². The Balaban J connectivity index is 0.000000100. The topological polar surface area (TPSA) is 50.8 Å². The average molecular weight is 1840 g/mol. The molecule has 0 saturated heterocycles. The summed E-state index contributed by atoms with van der Waals surface area (Å²) in [7, 11) is 0. The summed E-state index contributed by atoms with van der Waals surface area (Å²) in [5, 5.41) is 19.8. The molecule has 0 unspecified atom stereocenters. The van der Waals surface area contributed by atoms with Gasteiger partial charge in [0.05, 0.1) is 100 Å². The maximum atomic E-state index is 6.58. The SMILES string of the molecule is c1cc(-c2ccc3c(c2)c2cccc4c2n3-c2ccccc2N4c2cccc3c2oc2ccccc23)cc(-c2cccc3ccccc23)c1.c1cc(-c2ccc3c(c2)c2cccc4c2n3-c2ccccc2N4c2cccc3c2sc2ccccc23)cc(-c2cccc3ccccc23)c1.c1ccc(N2c3ccccc3-n3c4ccc(-c5cccc(-c6cccc7c6oc6ccccc67)c5)cc4c4cccc2c43)cc1. The largest absolute Gasteiger partial charge is 0.455 e. The highest BCUT2D eigenvalue weighted by molar-refractivity contribution is 7.26. The number of fused-ring (bicyclic) bond motifs is 26. The third-order valence-electron chi connectivity index (χ3n) is 29.9. The van der Waals surface area contributed by atoms with Crippen LogP contribution in [0.4, 0.5) is 51.2 Å². The number of nitrogens with zero attached hydrogens (tertiary/aromatic N) is 6. The van der Waals surface area contributed by atoms with E-state index in [1.165, 1.54) is 203 Å². The van der Waals surface area contributed by atoms with Crippen LogP contribution in [0.3, 0.4) is 0 Å². The van der Waals surface area contributed by atoms with Gasteiger partial charge in [0.25, 0.3) is 0 Å². The van der Waals surface area contributed by atoms with Crippen molar-refractivity contribution in [1.82, 2.24) is 13.7 Å². The lowest BCUT2D eigenvalue weighted by Crippen LogP contribution is -2.18. The van der Waals surface area contributed by atoms with E-state index in [0.29, 0.717) is 0 Å². The van der Waals surface area contributed by atoms with E-state index in [0.717, 1.165) is 83.4 Å². The van der Waals surface area contributed by atoms with Crippen LogP contribution in [0.5, 0.6) is 0 Å². The molecule has 23 aromatic carbocycles. The third-order valence-corrected chi connectivity index (χ3v) is 31.1. The van der Waals surface area contributed by atoms with E-state index >= 15 is 0 Å². The lowest BCUT2D eigenvalue weighted by molar-refractivity contribution is 0.669. The molecule has 29 aromatic rings. The highest BCUT2D eigenvalue weighted by Crippen LogP contribution is 2.57. The number of benzene rings is 23. The Morgan fingerprint density at radius 3 is 0.986 bits per heavy atom. The van der Waals surface area contributed by atoms with Gasteiger partial charge >= 0.3 is 0 Å². The number of anilines is 9. The molecule has 9 heteroatoms. The Hall–Kier alpha value is -18.8. The summed E-state index contributed by atoms with van der Waals surface area (Å²) in [6.45, 7) is 0. The number of furan rings is 2. The Morgan fingerprint density at radius 1 is 0.168 bits per heavy atom. The van der Waals surface area contributed by atoms with E-state index in [2.05, 4.69) is 508 Å². The zero-order chi connectivity index (χ0) is 93.6. The van der Waals surface area contributed by atoms with Gasteiger partial charge in [-0.2, -0.15) is 0 Å². The molecular weight excluding hydrogens is 1760 g/mol. The number of hydrogen-bond acceptors (Lipinski definition) is 6. The summed E-state index contributed by atoms with van der Waals surface area (Å²) in [6.07, 6.45) is 0. The van der Waals surface area contributed by atoms with E-state index in [1.807, 2.05) is 29.5 Å². The van der Waals surface area contributed by atoms with Gasteiger partial charge in [0.1, 0.15) is 16.7 Å². The number of rotatable bonds is 9. The zero-order valence-corrected chi connectivity index (χ0v) is 78.1. The Kier molecular flexibility index (Phi) is 17.9. The summed E-state index contributed by atoms with van der Waals surface area (Å²) in [5.41, 5.74) is 39.4. The second kappa shape index (κ2) is 31.9. The summed E-state index contributed by atoms with van der Waals surface area (Å²) >= 11 is 1.88. The van der Waals surface area contributed by atoms with Crippen LogP contribution in [0.15, 0.2) is 506 Å². The number of para-hydroxylation sites is 14. The molecule has 0 fully saturated rings. The van der Waals surface area contributed by atoms with Crippen molar-refractivity contribution >= 4 is 214 Å². The molecule has 0 saturated carbocycles. The minimum absolute atomic E-state index is 0.897. The minimum Gasteiger partial charge on any atom is -0.455 e. The second-order valence-corrected chi connectivity index (χ2v) is 38.7. The Morgan fingerprint density at radius 2 is 0.483 bits per heavy atom. The van der Waals surface area contributed by atoms with Gasteiger partial charge in [-0.1, -0.05) is 346 Å². The van der Waals surface area contributed by atoms with Crippen LogP contribution in [0.25, 0.3) is 235 Å². The second-order valence-electron chi connectivity index (χ2n) is 37.6. The fraction of sp³-hybridized carbons (Fsp3) is 0. The van der Waals surface area contributed by atoms with Crippen LogP contribution >= 0.6 is 11.3 Å². The summed E-state index contributed by atoms with van der Waals surface area (Å²) in [4.78, 5) is 7.26. The Labute approximate surface area is 826 Å². The first-order valence-electron chi connectivity index (χ1n) is 48.9. The van der Waals surface area contributed by atoms with Gasteiger partial charge in [-0.25, -0.2) is 0 Å². The van der Waals surface area contributed by atoms with Crippen molar-refractivity contribution in [2.24, 2.45) is 0 Å². The molecule has 0 spiro atoms. The molecular formula is C134H82N6O2S. The molecule has 143 heavy (non-hydrogen) atoms. The number of thiophene rings is 1. The van der Waals surface area contributed by atoms with E-state index in [-0.39, 0.29) is 0 Å². The first kappa shape index (κ1) is 80.3. The van der Waals surface area contributed by atoms with Crippen molar-refractivity contribution in [3.63, 3.8) is 0 Å². The van der Waals surface area contributed by atoms with Crippen molar-refractivity contribution in [1.29, 1.82) is 0 Å². The standard InChI is InChI=1S/C46H28N2O.C46H28N2S.C42H26N2O/c2*1-2-15-33-29(11-1)12-8-17-34(33)32-14-7-13-30(27-32)31-25-26-39-38(28-31)36-18-9-22-42-45(36)48(39)41-21-5-4-20-40(41)47(42)43-23-10-19-37-35-16-3-6-24-44(35)49-46(37)43;1-2-13-30(14-3-1)43-37-19-5-6-20-38(37)44-36-24-23-28(26-35(36)33-17-10-21-39(43)41(33)44)27-11-8-12-29(25-27)31-16-9-18-34-32-15-4-7-22-40(32)45-42(31)34/h2*1-28H;1-26H. The predicted octanol–water partition coefficient (Wildman–Crippen LogP) is 38.2. The van der Waals surface area contributed by atoms with Gasteiger partial charge in [-0.05, 0) is 234 Å². The molecule has 6 aromatic heterocycles. The maximum Gasteiger partial charge on any atom is 0.159 e. The van der Waals surface area contributed by atoms with Crippen molar-refractivity contribution in [3.05, 3.63) is 497 Å². The highest BCUT2D eigenvalue weighted by Gasteiger charge is 2.35. The molecule has 0 atom stereocenters. The first-order chi connectivity index (χ1) is 71.0. The van der Waals surface area contributed by atoms with Crippen LogP contribution in [0.2, 0.25) is 0 Å². The highest BCUT2D eigenvalue weighted by atomic mass is 32.1. The normalized spacial score (nSPS) is 12.4. The molecule has 0 bridgehead atoms. The smallest absolute Gasteiger partial charge is 0.159 e. The van der Waals surface area contributed by atoms with Crippen LogP contribution in [-0.2, 0) is 0 Å². The van der Waals surface area contributed by atoms with Crippen LogP contribution in [-0.4, -0.2) is 13.7 Å². The molecule has 32 rings (SSSR count). The Bertz CT molecular complexity index is 9980. The minimum atomic E-state index is 0.897. The van der Waals surface area contributed by atoms with E-state index in [9.17, 15) is 0 Å². The fourth-order valence-corrected chi connectivity index (χ4v) is 24.8. The molecule has 0 N–H and O–H groups in total. The maximum absolute atomic E-state index is 6.58.